The summed E-state index contributed by atoms with van der Waals surface area (Å²) in [6.45, 7) is 0. The molecule has 2 N–H and O–H groups in total. The van der Waals surface area contributed by atoms with Gasteiger partial charge in [-0.05, 0) is 12.1 Å². The van der Waals surface area contributed by atoms with E-state index in [1.165, 1.54) is 12.1 Å². The molecule has 1 heterocycles. The Morgan fingerprint density at radius 1 is 1.05 bits per heavy atom. The summed E-state index contributed by atoms with van der Waals surface area (Å²) in [6.07, 6.45) is 0. The number of carbonyl (C=O) groups is 2. The van der Waals surface area contributed by atoms with Crippen molar-refractivity contribution in [2.24, 2.45) is 0 Å². The third-order valence-corrected chi connectivity index (χ3v) is 2.45. The van der Waals surface area contributed by atoms with Gasteiger partial charge >= 0.3 is 5.97 Å². The normalized spacial score (nSPS) is 10.2. The van der Waals surface area contributed by atoms with Gasteiger partial charge in [0.1, 0.15) is 22.9 Å². The highest BCUT2D eigenvalue weighted by Crippen LogP contribution is 2.20. The number of nitrogens with zero attached hydrogens (tertiary/aromatic N) is 1. The van der Waals surface area contributed by atoms with Crippen LogP contribution in [-0.2, 0) is 0 Å². The molecule has 1 aromatic heterocycles. The van der Waals surface area contributed by atoms with Crippen molar-refractivity contribution in [2.45, 2.75) is 0 Å². The number of carboxylic acid groups (broad SMARTS) is 1. The van der Waals surface area contributed by atoms with Gasteiger partial charge in [0.25, 0.3) is 5.91 Å². The fraction of sp³-hybridized carbons (Fsp3) is 0. The predicted molar refractivity (Wildman–Crippen MR) is 65.5 cm³/mol. The first-order valence-electron chi connectivity index (χ1n) is 5.54. The van der Waals surface area contributed by atoms with Crippen molar-refractivity contribution in [1.82, 2.24) is 4.98 Å². The molecule has 8 heteroatoms. The van der Waals surface area contributed by atoms with Crippen LogP contribution in [0.25, 0.3) is 0 Å². The van der Waals surface area contributed by atoms with E-state index in [0.29, 0.717) is 12.1 Å². The summed E-state index contributed by atoms with van der Waals surface area (Å²) in [6, 6.07) is 4.38. The van der Waals surface area contributed by atoms with Gasteiger partial charge in [0, 0.05) is 12.1 Å². The number of hydrogen-bond acceptors (Lipinski definition) is 3. The SMILES string of the molecule is O=C(O)c1cccc(C(=O)Nc2c(F)cc(F)cc2F)n1. The van der Waals surface area contributed by atoms with Crippen molar-refractivity contribution < 1.29 is 27.9 Å². The van der Waals surface area contributed by atoms with E-state index in [1.807, 2.05) is 5.32 Å². The Balaban J connectivity index is 2.30. The van der Waals surface area contributed by atoms with Gasteiger partial charge in [-0.15, -0.1) is 0 Å². The molecule has 1 amide bonds. The van der Waals surface area contributed by atoms with Crippen molar-refractivity contribution in [3.05, 3.63) is 59.2 Å². The molecule has 0 fully saturated rings. The Hall–Kier alpha value is -2.90. The number of amides is 1. The maximum Gasteiger partial charge on any atom is 0.354 e. The molecule has 0 spiro atoms. The summed E-state index contributed by atoms with van der Waals surface area (Å²) in [7, 11) is 0. The number of aromatic nitrogens is 1. The average molecular weight is 296 g/mol. The Morgan fingerprint density at radius 2 is 1.62 bits per heavy atom. The number of hydrogen-bond donors (Lipinski definition) is 2. The van der Waals surface area contributed by atoms with Crippen molar-refractivity contribution in [1.29, 1.82) is 0 Å². The van der Waals surface area contributed by atoms with E-state index in [4.69, 9.17) is 5.11 Å². The lowest BCUT2D eigenvalue weighted by Crippen LogP contribution is -2.17. The van der Waals surface area contributed by atoms with Crippen LogP contribution >= 0.6 is 0 Å². The molecule has 2 aromatic rings. The van der Waals surface area contributed by atoms with Crippen LogP contribution in [0.4, 0.5) is 18.9 Å². The van der Waals surface area contributed by atoms with E-state index in [-0.39, 0.29) is 5.69 Å². The molecule has 0 unspecified atom stereocenters. The molecular weight excluding hydrogens is 289 g/mol. The number of aromatic carboxylic acids is 1. The van der Waals surface area contributed by atoms with Gasteiger partial charge in [0.2, 0.25) is 0 Å². The number of benzene rings is 1. The largest absolute Gasteiger partial charge is 0.477 e. The van der Waals surface area contributed by atoms with E-state index < -0.39 is 40.7 Å². The first-order valence-corrected chi connectivity index (χ1v) is 5.54. The second kappa shape index (κ2) is 5.61. The smallest absolute Gasteiger partial charge is 0.354 e. The fourth-order valence-electron chi connectivity index (χ4n) is 1.52. The predicted octanol–water partition coefficient (Wildman–Crippen LogP) is 2.45. The lowest BCUT2D eigenvalue weighted by atomic mass is 10.2. The second-order valence-corrected chi connectivity index (χ2v) is 3.91. The summed E-state index contributed by atoms with van der Waals surface area (Å²) in [4.78, 5) is 26.0. The van der Waals surface area contributed by atoms with Crippen molar-refractivity contribution in [3.8, 4) is 0 Å². The van der Waals surface area contributed by atoms with Gasteiger partial charge in [-0.25, -0.2) is 22.9 Å². The minimum Gasteiger partial charge on any atom is -0.477 e. The van der Waals surface area contributed by atoms with Gasteiger partial charge in [0.15, 0.2) is 11.6 Å². The highest BCUT2D eigenvalue weighted by Gasteiger charge is 2.17. The number of carboxylic acids is 1. The van der Waals surface area contributed by atoms with Gasteiger partial charge in [0.05, 0.1) is 0 Å². The third-order valence-electron chi connectivity index (χ3n) is 2.45. The van der Waals surface area contributed by atoms with E-state index in [2.05, 4.69) is 4.98 Å². The topological polar surface area (TPSA) is 79.3 Å². The van der Waals surface area contributed by atoms with Crippen LogP contribution < -0.4 is 5.32 Å². The first-order chi connectivity index (χ1) is 9.88. The Morgan fingerprint density at radius 3 is 2.19 bits per heavy atom. The summed E-state index contributed by atoms with van der Waals surface area (Å²) in [5.74, 6) is -6.11. The second-order valence-electron chi connectivity index (χ2n) is 3.91. The van der Waals surface area contributed by atoms with Crippen LogP contribution in [0.2, 0.25) is 0 Å². The average Bonchev–Trinajstić information content (AvgIpc) is 2.42. The van der Waals surface area contributed by atoms with Crippen molar-refractivity contribution in [3.63, 3.8) is 0 Å². The molecule has 2 rings (SSSR count). The molecular formula is C13H7F3N2O3. The maximum absolute atomic E-state index is 13.4. The van der Waals surface area contributed by atoms with Crippen LogP contribution in [0.1, 0.15) is 21.0 Å². The van der Waals surface area contributed by atoms with E-state index in [1.54, 1.807) is 0 Å². The minimum atomic E-state index is -1.36. The molecule has 1 aromatic carbocycles. The zero-order chi connectivity index (χ0) is 15.6. The molecule has 0 atom stereocenters. The molecule has 0 saturated heterocycles. The van der Waals surface area contributed by atoms with Gasteiger partial charge in [-0.3, -0.25) is 4.79 Å². The number of halogens is 3. The van der Waals surface area contributed by atoms with E-state index >= 15 is 0 Å². The summed E-state index contributed by atoms with van der Waals surface area (Å²) in [5, 5.41) is 10.6. The summed E-state index contributed by atoms with van der Waals surface area (Å²) < 4.78 is 39.5. The van der Waals surface area contributed by atoms with Crippen LogP contribution in [0, 0.1) is 17.5 Å². The molecule has 21 heavy (non-hydrogen) atoms. The van der Waals surface area contributed by atoms with Crippen LogP contribution in [-0.4, -0.2) is 22.0 Å². The zero-order valence-electron chi connectivity index (χ0n) is 10.2. The zero-order valence-corrected chi connectivity index (χ0v) is 10.2. The molecule has 0 bridgehead atoms. The maximum atomic E-state index is 13.4. The molecule has 5 nitrogen and oxygen atoms in total. The summed E-state index contributed by atoms with van der Waals surface area (Å²) in [5.41, 5.74) is -1.59. The van der Waals surface area contributed by atoms with Crippen LogP contribution in [0.15, 0.2) is 30.3 Å². The van der Waals surface area contributed by atoms with E-state index in [9.17, 15) is 22.8 Å². The lowest BCUT2D eigenvalue weighted by Gasteiger charge is -2.07. The first kappa shape index (κ1) is 14.5. The van der Waals surface area contributed by atoms with Gasteiger partial charge in [-0.2, -0.15) is 0 Å². The third kappa shape index (κ3) is 3.16. The number of anilines is 1. The molecule has 0 aliphatic rings. The van der Waals surface area contributed by atoms with Crippen LogP contribution in [0.5, 0.6) is 0 Å². The molecule has 0 radical (unpaired) electrons. The minimum absolute atomic E-state index is 0.349. The Bertz CT molecular complexity index is 711. The monoisotopic (exact) mass is 296 g/mol. The Labute approximate surface area is 116 Å². The Kier molecular flexibility index (Phi) is 3.88. The lowest BCUT2D eigenvalue weighted by molar-refractivity contribution is 0.0690. The molecule has 0 aliphatic carbocycles. The number of carbonyl (C=O) groups excluding carboxylic acids is 1. The quantitative estimate of drug-likeness (QED) is 0.911. The summed E-state index contributed by atoms with van der Waals surface area (Å²) >= 11 is 0. The number of pyridine rings is 1. The van der Waals surface area contributed by atoms with Crippen molar-refractivity contribution >= 4 is 17.6 Å². The highest BCUT2D eigenvalue weighted by molar-refractivity contribution is 6.03. The van der Waals surface area contributed by atoms with Crippen LogP contribution in [0.3, 0.4) is 0 Å². The standard InChI is InChI=1S/C13H7F3N2O3/c14-6-4-7(15)11(8(16)5-6)18-12(19)9-2-1-3-10(17-9)13(20)21/h1-5H,(H,18,19)(H,20,21). The van der Waals surface area contributed by atoms with Gasteiger partial charge in [-0.1, -0.05) is 6.07 Å². The highest BCUT2D eigenvalue weighted by atomic mass is 19.1. The fourth-order valence-corrected chi connectivity index (χ4v) is 1.52. The molecule has 0 aliphatic heterocycles. The molecule has 108 valence electrons. The number of rotatable bonds is 3. The molecule has 0 saturated carbocycles. The van der Waals surface area contributed by atoms with Gasteiger partial charge < -0.3 is 10.4 Å². The van der Waals surface area contributed by atoms with E-state index in [0.717, 1.165) is 6.07 Å². The number of nitrogens with one attached hydrogen (secondary N) is 1. The van der Waals surface area contributed by atoms with Crippen molar-refractivity contribution in [2.75, 3.05) is 5.32 Å².